The van der Waals surface area contributed by atoms with E-state index in [1.165, 1.54) is 38.6 Å². The van der Waals surface area contributed by atoms with Crippen molar-refractivity contribution in [3.63, 3.8) is 0 Å². The van der Waals surface area contributed by atoms with Gasteiger partial charge in [-0.3, -0.25) is 0 Å². The van der Waals surface area contributed by atoms with E-state index in [2.05, 4.69) is 33.0 Å². The normalized spacial score (nSPS) is 13.6. The summed E-state index contributed by atoms with van der Waals surface area (Å²) >= 11 is 0. The van der Waals surface area contributed by atoms with Crippen LogP contribution in [0.15, 0.2) is 0 Å². The average molecular weight is 185 g/mol. The Hall–Kier alpha value is -0.0400. The van der Waals surface area contributed by atoms with Crippen LogP contribution in [0.5, 0.6) is 0 Å². The van der Waals surface area contributed by atoms with Crippen molar-refractivity contribution in [2.24, 2.45) is 5.92 Å². The molecule has 1 N–H and O–H groups in total. The monoisotopic (exact) mass is 185 g/mol. The molecule has 0 saturated heterocycles. The van der Waals surface area contributed by atoms with Crippen molar-refractivity contribution in [2.45, 2.75) is 65.8 Å². The molecule has 0 aromatic carbocycles. The molecule has 0 aromatic heterocycles. The van der Waals surface area contributed by atoms with Gasteiger partial charge in [-0.25, -0.2) is 0 Å². The van der Waals surface area contributed by atoms with Crippen LogP contribution in [-0.4, -0.2) is 12.6 Å². The summed E-state index contributed by atoms with van der Waals surface area (Å²) < 4.78 is 0. The van der Waals surface area contributed by atoms with Crippen molar-refractivity contribution >= 4 is 0 Å². The minimum Gasteiger partial charge on any atom is -0.315 e. The first-order chi connectivity index (χ1) is 6.16. The van der Waals surface area contributed by atoms with Crippen molar-refractivity contribution in [2.75, 3.05) is 6.54 Å². The lowest BCUT2D eigenvalue weighted by Gasteiger charge is -2.09. The van der Waals surface area contributed by atoms with Gasteiger partial charge in [0.2, 0.25) is 0 Å². The minimum atomic E-state index is 0.648. The van der Waals surface area contributed by atoms with E-state index < -0.39 is 0 Å². The molecule has 1 heteroatoms. The second-order valence-corrected chi connectivity index (χ2v) is 4.47. The second-order valence-electron chi connectivity index (χ2n) is 4.47. The van der Waals surface area contributed by atoms with Crippen LogP contribution in [0.1, 0.15) is 59.8 Å². The molecular formula is C12H27N. The molecule has 0 aliphatic rings. The molecule has 0 aliphatic carbocycles. The highest BCUT2D eigenvalue weighted by Gasteiger charge is 1.98. The number of hydrogen-bond donors (Lipinski definition) is 1. The van der Waals surface area contributed by atoms with Gasteiger partial charge in [-0.1, -0.05) is 53.4 Å². The Morgan fingerprint density at radius 3 is 2.23 bits per heavy atom. The predicted molar refractivity (Wildman–Crippen MR) is 61.1 cm³/mol. The third-order valence-corrected chi connectivity index (χ3v) is 2.62. The van der Waals surface area contributed by atoms with Gasteiger partial charge in [0.25, 0.3) is 0 Å². The molecule has 80 valence electrons. The summed E-state index contributed by atoms with van der Waals surface area (Å²) in [5, 5.41) is 3.45. The first-order valence-electron chi connectivity index (χ1n) is 5.90. The molecule has 0 saturated carbocycles. The molecule has 0 rings (SSSR count). The largest absolute Gasteiger partial charge is 0.315 e. The van der Waals surface area contributed by atoms with E-state index in [0.29, 0.717) is 6.04 Å². The summed E-state index contributed by atoms with van der Waals surface area (Å²) in [7, 11) is 0. The van der Waals surface area contributed by atoms with Gasteiger partial charge in [-0.2, -0.15) is 0 Å². The topological polar surface area (TPSA) is 12.0 Å². The maximum atomic E-state index is 3.45. The smallest absolute Gasteiger partial charge is 0.00103 e. The van der Waals surface area contributed by atoms with Crippen molar-refractivity contribution in [1.82, 2.24) is 5.32 Å². The van der Waals surface area contributed by atoms with E-state index in [1.807, 2.05) is 0 Å². The van der Waals surface area contributed by atoms with E-state index in [1.54, 1.807) is 0 Å². The highest BCUT2D eigenvalue weighted by molar-refractivity contribution is 4.55. The average Bonchev–Trinajstić information content (AvgIpc) is 2.10. The van der Waals surface area contributed by atoms with Gasteiger partial charge in [0.05, 0.1) is 0 Å². The van der Waals surface area contributed by atoms with Gasteiger partial charge in [0.1, 0.15) is 0 Å². The quantitative estimate of drug-likeness (QED) is 0.570. The third-order valence-electron chi connectivity index (χ3n) is 2.62. The van der Waals surface area contributed by atoms with E-state index >= 15 is 0 Å². The predicted octanol–water partition coefficient (Wildman–Crippen LogP) is 3.59. The van der Waals surface area contributed by atoms with E-state index in [-0.39, 0.29) is 0 Å². The summed E-state index contributed by atoms with van der Waals surface area (Å²) in [5.41, 5.74) is 0. The van der Waals surface area contributed by atoms with Gasteiger partial charge in [-0.05, 0) is 18.9 Å². The van der Waals surface area contributed by atoms with Crippen LogP contribution in [-0.2, 0) is 0 Å². The molecule has 1 atom stereocenters. The molecule has 0 spiro atoms. The summed E-state index contributed by atoms with van der Waals surface area (Å²) in [5.74, 6) is 0.929. The molecule has 0 bridgehead atoms. The minimum absolute atomic E-state index is 0.648. The Bertz CT molecular complexity index is 99.3. The Labute approximate surface area is 84.3 Å². The highest BCUT2D eigenvalue weighted by atomic mass is 14.9. The van der Waals surface area contributed by atoms with Crippen molar-refractivity contribution in [3.8, 4) is 0 Å². The Morgan fingerprint density at radius 2 is 1.69 bits per heavy atom. The zero-order valence-corrected chi connectivity index (χ0v) is 9.90. The Balaban J connectivity index is 2.99. The van der Waals surface area contributed by atoms with E-state index in [9.17, 15) is 0 Å². The van der Waals surface area contributed by atoms with Gasteiger partial charge in [-0.15, -0.1) is 0 Å². The molecule has 13 heavy (non-hydrogen) atoms. The molecule has 0 heterocycles. The van der Waals surface area contributed by atoms with E-state index in [4.69, 9.17) is 0 Å². The lowest BCUT2D eigenvalue weighted by molar-refractivity contribution is 0.468. The highest BCUT2D eigenvalue weighted by Crippen LogP contribution is 2.11. The van der Waals surface area contributed by atoms with E-state index in [0.717, 1.165) is 5.92 Å². The number of unbranched alkanes of at least 4 members (excludes halogenated alkanes) is 2. The van der Waals surface area contributed by atoms with Gasteiger partial charge < -0.3 is 5.32 Å². The van der Waals surface area contributed by atoms with Crippen LogP contribution >= 0.6 is 0 Å². The lowest BCUT2D eigenvalue weighted by atomic mass is 10.0. The first kappa shape index (κ1) is 13.0. The van der Waals surface area contributed by atoms with Crippen LogP contribution in [0.4, 0.5) is 0 Å². The fourth-order valence-electron chi connectivity index (χ4n) is 1.39. The second kappa shape index (κ2) is 8.55. The summed E-state index contributed by atoms with van der Waals surface area (Å²) in [6, 6.07) is 0.648. The van der Waals surface area contributed by atoms with Crippen LogP contribution in [0.3, 0.4) is 0 Å². The fraction of sp³-hybridized carbons (Fsp3) is 1.00. The molecule has 1 unspecified atom stereocenters. The molecule has 0 fully saturated rings. The molecule has 0 aliphatic heterocycles. The SMILES string of the molecule is CCC(C)CCCCCNC(C)C. The van der Waals surface area contributed by atoms with Crippen LogP contribution < -0.4 is 5.32 Å². The zero-order valence-electron chi connectivity index (χ0n) is 9.90. The molecule has 0 aromatic rings. The van der Waals surface area contributed by atoms with Crippen LogP contribution in [0.2, 0.25) is 0 Å². The Kier molecular flexibility index (Phi) is 8.53. The summed E-state index contributed by atoms with van der Waals surface area (Å²) in [4.78, 5) is 0. The van der Waals surface area contributed by atoms with Crippen molar-refractivity contribution in [1.29, 1.82) is 0 Å². The van der Waals surface area contributed by atoms with Gasteiger partial charge in [0.15, 0.2) is 0 Å². The van der Waals surface area contributed by atoms with Crippen LogP contribution in [0, 0.1) is 5.92 Å². The molecule has 1 nitrogen and oxygen atoms in total. The lowest BCUT2D eigenvalue weighted by Crippen LogP contribution is -2.23. The van der Waals surface area contributed by atoms with Crippen molar-refractivity contribution in [3.05, 3.63) is 0 Å². The fourth-order valence-corrected chi connectivity index (χ4v) is 1.39. The van der Waals surface area contributed by atoms with Gasteiger partial charge >= 0.3 is 0 Å². The summed E-state index contributed by atoms with van der Waals surface area (Å²) in [6.07, 6.45) is 6.90. The molecule has 0 amide bonds. The number of nitrogens with one attached hydrogen (secondary N) is 1. The third kappa shape index (κ3) is 9.88. The zero-order chi connectivity index (χ0) is 10.1. The number of rotatable bonds is 8. The van der Waals surface area contributed by atoms with Gasteiger partial charge in [0, 0.05) is 6.04 Å². The number of hydrogen-bond acceptors (Lipinski definition) is 1. The Morgan fingerprint density at radius 1 is 1.00 bits per heavy atom. The standard InChI is InChI=1S/C12H27N/c1-5-12(4)9-7-6-8-10-13-11(2)3/h11-13H,5-10H2,1-4H3. The summed E-state index contributed by atoms with van der Waals surface area (Å²) in [6.45, 7) is 10.2. The van der Waals surface area contributed by atoms with Crippen molar-refractivity contribution < 1.29 is 0 Å². The first-order valence-corrected chi connectivity index (χ1v) is 5.90. The molecular weight excluding hydrogens is 158 g/mol. The van der Waals surface area contributed by atoms with Crippen LogP contribution in [0.25, 0.3) is 0 Å². The molecule has 0 radical (unpaired) electrons. The maximum absolute atomic E-state index is 3.45. The maximum Gasteiger partial charge on any atom is 0.00103 e.